The van der Waals surface area contributed by atoms with E-state index >= 15 is 0 Å². The molecule has 0 spiro atoms. The number of rotatable bonds is 2. The molecule has 0 saturated heterocycles. The Labute approximate surface area is 128 Å². The topological polar surface area (TPSA) is 12.0 Å². The van der Waals surface area contributed by atoms with Gasteiger partial charge in [0.1, 0.15) is 0 Å². The van der Waals surface area contributed by atoms with E-state index < -0.39 is 0 Å². The van der Waals surface area contributed by atoms with Crippen LogP contribution in [0.15, 0.2) is 0 Å². The summed E-state index contributed by atoms with van der Waals surface area (Å²) in [6.07, 6.45) is 21.8. The average Bonchev–Trinajstić information content (AvgIpc) is 2.47. The molecule has 120 valence electrons. The van der Waals surface area contributed by atoms with Gasteiger partial charge in [-0.1, -0.05) is 90.4 Å². The number of hydrogen-bond donors (Lipinski definition) is 1. The van der Waals surface area contributed by atoms with Gasteiger partial charge in [0.25, 0.3) is 0 Å². The molecule has 2 atom stereocenters. The second-order valence-corrected chi connectivity index (χ2v) is 6.95. The van der Waals surface area contributed by atoms with Crippen LogP contribution in [0, 0.1) is 5.92 Å². The molecule has 0 aromatic carbocycles. The molecule has 1 aliphatic carbocycles. The lowest BCUT2D eigenvalue weighted by Crippen LogP contribution is -2.24. The van der Waals surface area contributed by atoms with Crippen LogP contribution >= 0.6 is 0 Å². The molecule has 0 aromatic rings. The largest absolute Gasteiger partial charge is 0.317 e. The van der Waals surface area contributed by atoms with Crippen molar-refractivity contribution in [3.05, 3.63) is 0 Å². The molecule has 0 amide bonds. The van der Waals surface area contributed by atoms with Gasteiger partial charge in [-0.25, -0.2) is 0 Å². The second-order valence-electron chi connectivity index (χ2n) is 6.95. The van der Waals surface area contributed by atoms with Crippen LogP contribution in [0.5, 0.6) is 0 Å². The van der Waals surface area contributed by atoms with E-state index in [1.54, 1.807) is 0 Å². The van der Waals surface area contributed by atoms with Crippen molar-refractivity contribution >= 4 is 0 Å². The summed E-state index contributed by atoms with van der Waals surface area (Å²) in [4.78, 5) is 0. The minimum Gasteiger partial charge on any atom is -0.317 e. The van der Waals surface area contributed by atoms with Gasteiger partial charge in [0.2, 0.25) is 0 Å². The van der Waals surface area contributed by atoms with Crippen molar-refractivity contribution in [1.82, 2.24) is 5.32 Å². The highest BCUT2D eigenvalue weighted by atomic mass is 14.9. The van der Waals surface area contributed by atoms with Crippen LogP contribution in [0.2, 0.25) is 0 Å². The summed E-state index contributed by atoms with van der Waals surface area (Å²) in [5, 5.41) is 3.53. The maximum absolute atomic E-state index is 3.53. The molecule has 1 nitrogen and oxygen atoms in total. The quantitative estimate of drug-likeness (QED) is 0.647. The lowest BCUT2D eigenvalue weighted by atomic mass is 9.91. The molecule has 1 fully saturated rings. The molecule has 20 heavy (non-hydrogen) atoms. The van der Waals surface area contributed by atoms with Gasteiger partial charge in [0.05, 0.1) is 0 Å². The van der Waals surface area contributed by atoms with Crippen LogP contribution in [-0.2, 0) is 0 Å². The zero-order chi connectivity index (χ0) is 14.5. The molecule has 1 rings (SSSR count). The highest BCUT2D eigenvalue weighted by molar-refractivity contribution is 4.66. The first-order valence-electron chi connectivity index (χ1n) is 9.54. The third-order valence-electron chi connectivity index (χ3n) is 5.32. The summed E-state index contributed by atoms with van der Waals surface area (Å²) in [6.45, 7) is 2.39. The molecule has 0 heterocycles. The van der Waals surface area contributed by atoms with E-state index in [1.165, 1.54) is 96.3 Å². The zero-order valence-electron chi connectivity index (χ0n) is 14.3. The van der Waals surface area contributed by atoms with Gasteiger partial charge in [-0.3, -0.25) is 0 Å². The van der Waals surface area contributed by atoms with E-state index in [1.807, 2.05) is 0 Å². The van der Waals surface area contributed by atoms with Crippen LogP contribution in [0.1, 0.15) is 103 Å². The predicted molar refractivity (Wildman–Crippen MR) is 91.3 cm³/mol. The van der Waals surface area contributed by atoms with Gasteiger partial charge in [0.15, 0.2) is 0 Å². The first-order valence-corrected chi connectivity index (χ1v) is 9.54. The first kappa shape index (κ1) is 18.0. The minimum absolute atomic E-state index is 0.781. The van der Waals surface area contributed by atoms with Gasteiger partial charge in [-0.05, 0) is 25.8 Å². The summed E-state index contributed by atoms with van der Waals surface area (Å²) >= 11 is 0. The molecule has 1 heteroatoms. The molecular weight excluding hydrogens is 242 g/mol. The van der Waals surface area contributed by atoms with Crippen molar-refractivity contribution in [2.24, 2.45) is 5.92 Å². The van der Waals surface area contributed by atoms with Gasteiger partial charge >= 0.3 is 0 Å². The molecule has 0 aromatic heterocycles. The average molecular weight is 282 g/mol. The smallest absolute Gasteiger partial charge is 0.00640 e. The fraction of sp³-hybridized carbons (Fsp3) is 1.00. The minimum atomic E-state index is 0.781. The van der Waals surface area contributed by atoms with Crippen molar-refractivity contribution in [3.63, 3.8) is 0 Å². The summed E-state index contributed by atoms with van der Waals surface area (Å²) in [5.74, 6) is 1.01. The summed E-state index contributed by atoms with van der Waals surface area (Å²) < 4.78 is 0. The van der Waals surface area contributed by atoms with E-state index in [9.17, 15) is 0 Å². The standard InChI is InChI=1S/C19H39N/c1-3-18-14-10-8-6-4-5-7-9-11-16-19(20-2)17-13-12-15-18/h18-20H,3-17H2,1-2H3/t18-,19?/m1/s1. The van der Waals surface area contributed by atoms with Gasteiger partial charge < -0.3 is 5.32 Å². The van der Waals surface area contributed by atoms with Crippen LogP contribution < -0.4 is 5.32 Å². The second kappa shape index (κ2) is 12.7. The SMILES string of the molecule is CC[C@@H]1CCCCCCCCCCC(NC)CCCC1. The summed E-state index contributed by atoms with van der Waals surface area (Å²) in [7, 11) is 2.15. The molecule has 0 bridgehead atoms. The van der Waals surface area contributed by atoms with Crippen LogP contribution in [0.4, 0.5) is 0 Å². The number of hydrogen-bond acceptors (Lipinski definition) is 1. The molecule has 1 N–H and O–H groups in total. The van der Waals surface area contributed by atoms with E-state index in [4.69, 9.17) is 0 Å². The van der Waals surface area contributed by atoms with Gasteiger partial charge in [-0.15, -0.1) is 0 Å². The first-order chi connectivity index (χ1) is 9.86. The molecule has 1 saturated carbocycles. The maximum atomic E-state index is 3.53. The Hall–Kier alpha value is -0.0400. The van der Waals surface area contributed by atoms with Crippen LogP contribution in [0.3, 0.4) is 0 Å². The third kappa shape index (κ3) is 9.00. The third-order valence-corrected chi connectivity index (χ3v) is 5.32. The van der Waals surface area contributed by atoms with Gasteiger partial charge in [0, 0.05) is 6.04 Å². The Morgan fingerprint density at radius 2 is 1.05 bits per heavy atom. The maximum Gasteiger partial charge on any atom is 0.00640 e. The molecule has 0 aliphatic heterocycles. The van der Waals surface area contributed by atoms with E-state index in [0.717, 1.165) is 12.0 Å². The molecule has 1 aliphatic rings. The highest BCUT2D eigenvalue weighted by Crippen LogP contribution is 2.22. The zero-order valence-corrected chi connectivity index (χ0v) is 14.3. The summed E-state index contributed by atoms with van der Waals surface area (Å²) in [6, 6.07) is 0.781. The fourth-order valence-electron chi connectivity index (χ4n) is 3.69. The van der Waals surface area contributed by atoms with Crippen LogP contribution in [-0.4, -0.2) is 13.1 Å². The molecule has 1 unspecified atom stereocenters. The van der Waals surface area contributed by atoms with Gasteiger partial charge in [-0.2, -0.15) is 0 Å². The Balaban J connectivity index is 2.29. The van der Waals surface area contributed by atoms with Crippen molar-refractivity contribution in [2.75, 3.05) is 7.05 Å². The predicted octanol–water partition coefficient (Wildman–Crippen LogP) is 6.08. The van der Waals surface area contributed by atoms with Crippen molar-refractivity contribution in [1.29, 1.82) is 0 Å². The normalized spacial score (nSPS) is 29.1. The lowest BCUT2D eigenvalue weighted by Gasteiger charge is -2.18. The molecular formula is C19H39N. The summed E-state index contributed by atoms with van der Waals surface area (Å²) in [5.41, 5.74) is 0. The van der Waals surface area contributed by atoms with E-state index in [-0.39, 0.29) is 0 Å². The Morgan fingerprint density at radius 1 is 0.650 bits per heavy atom. The van der Waals surface area contributed by atoms with Crippen molar-refractivity contribution in [3.8, 4) is 0 Å². The Kier molecular flexibility index (Phi) is 11.4. The molecule has 0 radical (unpaired) electrons. The Morgan fingerprint density at radius 3 is 1.55 bits per heavy atom. The van der Waals surface area contributed by atoms with Crippen LogP contribution in [0.25, 0.3) is 0 Å². The Bertz CT molecular complexity index is 180. The van der Waals surface area contributed by atoms with E-state index in [0.29, 0.717) is 0 Å². The fourth-order valence-corrected chi connectivity index (χ4v) is 3.69. The van der Waals surface area contributed by atoms with Crippen molar-refractivity contribution in [2.45, 2.75) is 109 Å². The van der Waals surface area contributed by atoms with E-state index in [2.05, 4.69) is 19.3 Å². The van der Waals surface area contributed by atoms with Crippen molar-refractivity contribution < 1.29 is 0 Å². The monoisotopic (exact) mass is 281 g/mol. The highest BCUT2D eigenvalue weighted by Gasteiger charge is 2.09. The lowest BCUT2D eigenvalue weighted by molar-refractivity contribution is 0.375. The number of nitrogens with one attached hydrogen (secondary N) is 1.